The van der Waals surface area contributed by atoms with Crippen molar-refractivity contribution >= 4 is 23.4 Å². The van der Waals surface area contributed by atoms with Crippen molar-refractivity contribution in [3.8, 4) is 23.0 Å². The fourth-order valence-electron chi connectivity index (χ4n) is 10.9. The van der Waals surface area contributed by atoms with Gasteiger partial charge in [0.2, 0.25) is 0 Å². The maximum Gasteiger partial charge on any atom is 0.319 e. The molecule has 436 valence electrons. The van der Waals surface area contributed by atoms with Gasteiger partial charge in [-0.25, -0.2) is 9.59 Å². The normalized spacial score (nSPS) is 11.8. The molecular formula is C72H80N4O8. The van der Waals surface area contributed by atoms with Gasteiger partial charge in [-0.15, -0.1) is 0 Å². The molecule has 12 nitrogen and oxygen atoms in total. The largest absolute Gasteiger partial charge is 0.493 e. The molecule has 0 saturated carbocycles. The third-order valence-corrected chi connectivity index (χ3v) is 14.8. The van der Waals surface area contributed by atoms with Gasteiger partial charge in [-0.2, -0.15) is 0 Å². The van der Waals surface area contributed by atoms with Crippen LogP contribution in [0.1, 0.15) is 142 Å². The molecule has 8 aromatic rings. The van der Waals surface area contributed by atoms with Gasteiger partial charge in [0.15, 0.2) is 0 Å². The zero-order valence-electron chi connectivity index (χ0n) is 49.1. The van der Waals surface area contributed by atoms with E-state index < -0.39 is 0 Å². The number of ether oxygens (including phenoxy) is 4. The van der Waals surface area contributed by atoms with Crippen LogP contribution >= 0.6 is 0 Å². The Bertz CT molecular complexity index is 3170. The molecular weight excluding hydrogens is 1050 g/mol. The van der Waals surface area contributed by atoms with Crippen LogP contribution in [0.4, 0.5) is 21.0 Å². The van der Waals surface area contributed by atoms with Crippen molar-refractivity contribution in [3.05, 3.63) is 247 Å². The summed E-state index contributed by atoms with van der Waals surface area (Å²) >= 11 is 0. The average Bonchev–Trinajstić information content (AvgIpc) is 2.87. The van der Waals surface area contributed by atoms with Crippen LogP contribution in [0.15, 0.2) is 158 Å². The lowest BCUT2D eigenvalue weighted by molar-refractivity contribution is 0.251. The molecule has 0 radical (unpaired) electrons. The Labute approximate surface area is 495 Å². The number of aliphatic hydroxyl groups excluding tert-OH is 2. The Kier molecular flexibility index (Phi) is 21.5. The van der Waals surface area contributed by atoms with Gasteiger partial charge in [0, 0.05) is 50.1 Å². The number of benzene rings is 8. The van der Waals surface area contributed by atoms with E-state index in [-0.39, 0.29) is 38.4 Å². The summed E-state index contributed by atoms with van der Waals surface area (Å²) < 4.78 is 27.3. The molecule has 0 unspecified atom stereocenters. The standard InChI is InChI=1S/C72H80N4O8/c1-5-29-81-67-57-17-11-18-58(67)42-62-38-56(46-74-72(80)76-66-27-23-50(24-28-66)34-52-14-10-16-54(36-52)48-78)40-64(70(62)84-32-8-4)44-60-20-12-19-59(68(60)82-30-6-2)43-63-39-55(37-61(41-57)69(63)83-31-7-3)45-73-71(79)75-65-25-21-49(22-26-65)33-51-13-9-15-53(35-51)47-77/h9-28,35-40,77-78H,5-8,29-34,41-48H2,1-4H3,(H2,73,75,79)(H2,74,76,80). The number of fused-ring (bicyclic) bond motifs is 8. The van der Waals surface area contributed by atoms with Gasteiger partial charge in [-0.3, -0.25) is 0 Å². The third-order valence-electron chi connectivity index (χ3n) is 14.8. The molecule has 0 fully saturated rings. The second-order valence-electron chi connectivity index (χ2n) is 21.7. The SMILES string of the molecule is CCCOc1c2cccc1Cc1cc(CNC(=O)Nc3ccc(Cc4cccc(CO)c4)cc3)cc(c1OCCC)Cc1cccc(c1OCCC)Cc1cc(CNC(=O)Nc3ccc(Cc4cccc(CO)c4)cc3)cc(c1OCCC)C2. The number of para-hydroxylation sites is 2. The van der Waals surface area contributed by atoms with Gasteiger partial charge in [0.05, 0.1) is 39.6 Å². The number of urea groups is 2. The first-order valence-electron chi connectivity index (χ1n) is 29.8. The minimum atomic E-state index is -0.318. The Morgan fingerprint density at radius 1 is 0.357 bits per heavy atom. The maximum absolute atomic E-state index is 13.7. The van der Waals surface area contributed by atoms with Gasteiger partial charge < -0.3 is 50.4 Å². The highest BCUT2D eigenvalue weighted by molar-refractivity contribution is 5.90. The Balaban J connectivity index is 1.04. The van der Waals surface area contributed by atoms with Crippen molar-refractivity contribution in [3.63, 3.8) is 0 Å². The zero-order valence-corrected chi connectivity index (χ0v) is 49.1. The first kappa shape index (κ1) is 60.0. The summed E-state index contributed by atoms with van der Waals surface area (Å²) in [7, 11) is 0. The summed E-state index contributed by atoms with van der Waals surface area (Å²) in [6, 6.07) is 52.3. The highest BCUT2D eigenvalue weighted by Gasteiger charge is 2.24. The molecule has 8 aromatic carbocycles. The van der Waals surface area contributed by atoms with Gasteiger partial charge in [-0.1, -0.05) is 137 Å². The molecule has 6 N–H and O–H groups in total. The van der Waals surface area contributed by atoms with Crippen LogP contribution in [0.5, 0.6) is 23.0 Å². The van der Waals surface area contributed by atoms with E-state index in [2.05, 4.69) is 122 Å². The van der Waals surface area contributed by atoms with Crippen LogP contribution in [0, 0.1) is 0 Å². The number of aliphatic hydroxyl groups is 2. The van der Waals surface area contributed by atoms with Crippen LogP contribution in [0.3, 0.4) is 0 Å². The lowest BCUT2D eigenvalue weighted by Crippen LogP contribution is -2.28. The highest BCUT2D eigenvalue weighted by atomic mass is 16.5. The van der Waals surface area contributed by atoms with Crippen LogP contribution in [-0.4, -0.2) is 48.7 Å². The molecule has 0 atom stereocenters. The molecule has 0 spiro atoms. The second-order valence-corrected chi connectivity index (χ2v) is 21.7. The van der Waals surface area contributed by atoms with Crippen molar-refractivity contribution in [2.75, 3.05) is 37.1 Å². The van der Waals surface area contributed by atoms with Crippen LogP contribution in [0.25, 0.3) is 0 Å². The summed E-state index contributed by atoms with van der Waals surface area (Å²) in [4.78, 5) is 27.4. The smallest absolute Gasteiger partial charge is 0.319 e. The highest BCUT2D eigenvalue weighted by Crippen LogP contribution is 2.40. The average molecular weight is 1130 g/mol. The minimum Gasteiger partial charge on any atom is -0.493 e. The fourth-order valence-corrected chi connectivity index (χ4v) is 10.9. The predicted molar refractivity (Wildman–Crippen MR) is 335 cm³/mol. The predicted octanol–water partition coefficient (Wildman–Crippen LogP) is 14.3. The van der Waals surface area contributed by atoms with Crippen molar-refractivity contribution < 1.29 is 38.7 Å². The number of rotatable bonds is 24. The summed E-state index contributed by atoms with van der Waals surface area (Å²) in [5, 5.41) is 31.6. The molecule has 4 amide bonds. The van der Waals surface area contributed by atoms with E-state index in [1.54, 1.807) is 0 Å². The fraction of sp³-hybridized carbons (Fsp3) is 0.306. The first-order chi connectivity index (χ1) is 41.1. The Morgan fingerprint density at radius 2 is 0.655 bits per heavy atom. The number of anilines is 2. The number of carbonyl (C=O) groups excluding carboxylic acids is 2. The molecule has 84 heavy (non-hydrogen) atoms. The first-order valence-corrected chi connectivity index (χ1v) is 29.8. The van der Waals surface area contributed by atoms with E-state index >= 15 is 0 Å². The molecule has 0 aromatic heterocycles. The monoisotopic (exact) mass is 1130 g/mol. The van der Waals surface area contributed by atoms with Gasteiger partial charge >= 0.3 is 12.1 Å². The van der Waals surface area contributed by atoms with Crippen LogP contribution < -0.4 is 40.2 Å². The van der Waals surface area contributed by atoms with Gasteiger partial charge in [-0.05, 0) is 176 Å². The lowest BCUT2D eigenvalue weighted by Gasteiger charge is -2.24. The number of nitrogens with one attached hydrogen (secondary N) is 4. The molecule has 0 heterocycles. The van der Waals surface area contributed by atoms with E-state index in [9.17, 15) is 19.8 Å². The molecule has 9 rings (SSSR count). The van der Waals surface area contributed by atoms with Crippen LogP contribution in [-0.2, 0) is 64.8 Å². The minimum absolute atomic E-state index is 0.000184. The molecule has 12 heteroatoms. The summed E-state index contributed by atoms with van der Waals surface area (Å²) in [6.07, 6.45) is 6.70. The second kappa shape index (κ2) is 30.1. The molecule has 1 aliphatic carbocycles. The Hall–Kier alpha value is -8.58. The zero-order chi connectivity index (χ0) is 58.6. The quantitative estimate of drug-likeness (QED) is 0.0349. The summed E-state index contributed by atoms with van der Waals surface area (Å²) in [5.74, 6) is 3.27. The maximum atomic E-state index is 13.7. The number of hydrogen-bond donors (Lipinski definition) is 6. The van der Waals surface area contributed by atoms with E-state index in [0.29, 0.717) is 76.3 Å². The van der Waals surface area contributed by atoms with E-state index in [1.807, 2.05) is 84.9 Å². The summed E-state index contributed by atoms with van der Waals surface area (Å²) in [6.45, 7) is 11.1. The molecule has 8 bridgehead atoms. The van der Waals surface area contributed by atoms with Gasteiger partial charge in [0.25, 0.3) is 0 Å². The topological polar surface area (TPSA) is 160 Å². The van der Waals surface area contributed by atoms with E-state index in [1.165, 1.54) is 0 Å². The van der Waals surface area contributed by atoms with Crippen molar-refractivity contribution in [2.45, 2.75) is 118 Å². The number of amides is 4. The van der Waals surface area contributed by atoms with Gasteiger partial charge in [0.1, 0.15) is 23.0 Å². The molecule has 0 aliphatic heterocycles. The van der Waals surface area contributed by atoms with E-state index in [0.717, 1.165) is 138 Å². The van der Waals surface area contributed by atoms with Crippen molar-refractivity contribution in [2.24, 2.45) is 0 Å². The molecule has 1 aliphatic rings. The number of carbonyl (C=O) groups is 2. The lowest BCUT2D eigenvalue weighted by atomic mass is 9.89. The van der Waals surface area contributed by atoms with Crippen LogP contribution in [0.2, 0.25) is 0 Å². The van der Waals surface area contributed by atoms with E-state index in [4.69, 9.17) is 18.9 Å². The third kappa shape index (κ3) is 16.4. The van der Waals surface area contributed by atoms with Crippen molar-refractivity contribution in [1.82, 2.24) is 10.6 Å². The number of hydrogen-bond acceptors (Lipinski definition) is 8. The summed E-state index contributed by atoms with van der Waals surface area (Å²) in [5.41, 5.74) is 17.4. The van der Waals surface area contributed by atoms with Crippen molar-refractivity contribution in [1.29, 1.82) is 0 Å². The Morgan fingerprint density at radius 3 is 0.964 bits per heavy atom. The molecule has 0 saturated heterocycles.